The van der Waals surface area contributed by atoms with E-state index in [1.54, 1.807) is 18.2 Å². The molecule has 2 aromatic rings. The molecule has 2 atom stereocenters. The third-order valence-electron chi connectivity index (χ3n) is 5.71. The number of hydrogen-bond acceptors (Lipinski definition) is 4. The minimum Gasteiger partial charge on any atom is -0.368 e. The minimum atomic E-state index is -3.82. The van der Waals surface area contributed by atoms with E-state index in [2.05, 4.69) is 21.9 Å². The molecule has 0 unspecified atom stereocenters. The highest BCUT2D eigenvalue weighted by atomic mass is 32.2. The molecule has 1 heterocycles. The SMILES string of the molecule is CC[C@@H](C)NS(=O)(=O)c1cc(NC(=O)c2ccccc2F)ccc1N1CCCC[C@H]1C. The third kappa shape index (κ3) is 5.43. The second kappa shape index (κ2) is 9.78. The zero-order valence-electron chi connectivity index (χ0n) is 18.2. The second-order valence-corrected chi connectivity index (χ2v) is 9.77. The van der Waals surface area contributed by atoms with Gasteiger partial charge in [-0.2, -0.15) is 0 Å². The van der Waals surface area contributed by atoms with Crippen molar-refractivity contribution < 1.29 is 17.6 Å². The number of halogens is 1. The first-order valence-electron chi connectivity index (χ1n) is 10.7. The molecule has 1 aliphatic rings. The summed E-state index contributed by atoms with van der Waals surface area (Å²) < 4.78 is 43.1. The summed E-state index contributed by atoms with van der Waals surface area (Å²) in [6.45, 7) is 6.58. The number of amides is 1. The summed E-state index contributed by atoms with van der Waals surface area (Å²) in [4.78, 5) is 14.8. The molecular formula is C23H30FN3O3S. The highest BCUT2D eigenvalue weighted by Gasteiger charge is 2.28. The number of sulfonamides is 1. The Morgan fingerprint density at radius 2 is 1.97 bits per heavy atom. The lowest BCUT2D eigenvalue weighted by Gasteiger charge is -2.36. The van der Waals surface area contributed by atoms with Gasteiger partial charge >= 0.3 is 0 Å². The third-order valence-corrected chi connectivity index (χ3v) is 7.33. The van der Waals surface area contributed by atoms with Crippen LogP contribution in [0.3, 0.4) is 0 Å². The molecular weight excluding hydrogens is 417 g/mol. The molecule has 1 amide bonds. The Balaban J connectivity index is 1.99. The Morgan fingerprint density at radius 3 is 2.65 bits per heavy atom. The van der Waals surface area contributed by atoms with Crippen LogP contribution in [0.4, 0.5) is 15.8 Å². The quantitative estimate of drug-likeness (QED) is 0.654. The number of carbonyl (C=O) groups excluding carboxylic acids is 1. The first-order chi connectivity index (χ1) is 14.7. The molecule has 2 aromatic carbocycles. The number of carbonyl (C=O) groups is 1. The highest BCUT2D eigenvalue weighted by Crippen LogP contribution is 2.33. The number of benzene rings is 2. The maximum Gasteiger partial charge on any atom is 0.258 e. The van der Waals surface area contributed by atoms with E-state index in [0.717, 1.165) is 25.8 Å². The Labute approximate surface area is 183 Å². The van der Waals surface area contributed by atoms with Gasteiger partial charge in [0.15, 0.2) is 0 Å². The summed E-state index contributed by atoms with van der Waals surface area (Å²) in [5, 5.41) is 2.63. The average molecular weight is 448 g/mol. The summed E-state index contributed by atoms with van der Waals surface area (Å²) in [7, 11) is -3.82. The van der Waals surface area contributed by atoms with E-state index in [1.807, 2.05) is 13.8 Å². The van der Waals surface area contributed by atoms with Gasteiger partial charge < -0.3 is 10.2 Å². The van der Waals surface area contributed by atoms with Crippen LogP contribution in [0.2, 0.25) is 0 Å². The van der Waals surface area contributed by atoms with E-state index >= 15 is 0 Å². The molecule has 168 valence electrons. The summed E-state index contributed by atoms with van der Waals surface area (Å²) in [5.41, 5.74) is 0.816. The lowest BCUT2D eigenvalue weighted by Crippen LogP contribution is -2.39. The van der Waals surface area contributed by atoms with Gasteiger partial charge in [-0.05, 0) is 69.9 Å². The predicted molar refractivity (Wildman–Crippen MR) is 122 cm³/mol. The molecule has 31 heavy (non-hydrogen) atoms. The van der Waals surface area contributed by atoms with Crippen LogP contribution in [0.15, 0.2) is 47.4 Å². The number of nitrogens with zero attached hydrogens (tertiary/aromatic N) is 1. The zero-order chi connectivity index (χ0) is 22.6. The summed E-state index contributed by atoms with van der Waals surface area (Å²) >= 11 is 0. The molecule has 0 spiro atoms. The smallest absolute Gasteiger partial charge is 0.258 e. The Bertz CT molecular complexity index is 1040. The van der Waals surface area contributed by atoms with Crippen LogP contribution in [-0.2, 0) is 10.0 Å². The molecule has 1 saturated heterocycles. The van der Waals surface area contributed by atoms with Crippen LogP contribution in [0, 0.1) is 5.82 Å². The zero-order valence-corrected chi connectivity index (χ0v) is 19.0. The van der Waals surface area contributed by atoms with Crippen molar-refractivity contribution in [2.45, 2.75) is 63.4 Å². The van der Waals surface area contributed by atoms with Crippen LogP contribution in [-0.4, -0.2) is 33.0 Å². The van der Waals surface area contributed by atoms with Gasteiger partial charge in [0.2, 0.25) is 10.0 Å². The van der Waals surface area contributed by atoms with Crippen molar-refractivity contribution in [1.82, 2.24) is 4.72 Å². The fraction of sp³-hybridized carbons (Fsp3) is 0.435. The van der Waals surface area contributed by atoms with Crippen molar-refractivity contribution in [2.75, 3.05) is 16.8 Å². The molecule has 8 heteroatoms. The normalized spacial score (nSPS) is 17.9. The van der Waals surface area contributed by atoms with Crippen molar-refractivity contribution in [3.05, 3.63) is 53.8 Å². The topological polar surface area (TPSA) is 78.5 Å². The molecule has 2 N–H and O–H groups in total. The van der Waals surface area contributed by atoms with Crippen molar-refractivity contribution >= 4 is 27.3 Å². The fourth-order valence-corrected chi connectivity index (χ4v) is 5.32. The van der Waals surface area contributed by atoms with Crippen LogP contribution in [0.5, 0.6) is 0 Å². The Hall–Kier alpha value is -2.45. The maximum absolute atomic E-state index is 14.0. The van der Waals surface area contributed by atoms with E-state index in [0.29, 0.717) is 17.8 Å². The van der Waals surface area contributed by atoms with E-state index in [-0.39, 0.29) is 22.5 Å². The average Bonchev–Trinajstić information content (AvgIpc) is 2.74. The molecule has 0 saturated carbocycles. The number of hydrogen-bond donors (Lipinski definition) is 2. The number of anilines is 2. The van der Waals surface area contributed by atoms with E-state index < -0.39 is 21.7 Å². The molecule has 0 aliphatic carbocycles. The monoisotopic (exact) mass is 447 g/mol. The maximum atomic E-state index is 14.0. The fourth-order valence-electron chi connectivity index (χ4n) is 3.76. The standard InChI is InChI=1S/C23H30FN3O3S/c1-4-16(2)26-31(29,30)22-15-18(25-23(28)19-10-5-6-11-20(19)24)12-13-21(22)27-14-8-7-9-17(27)3/h5-6,10-13,15-17,26H,4,7-9,14H2,1-3H3,(H,25,28)/t16-,17-/m1/s1. The number of rotatable bonds is 7. The summed E-state index contributed by atoms with van der Waals surface area (Å²) in [6.07, 6.45) is 3.75. The lowest BCUT2D eigenvalue weighted by atomic mass is 10.0. The van der Waals surface area contributed by atoms with E-state index in [1.165, 1.54) is 24.3 Å². The van der Waals surface area contributed by atoms with Crippen LogP contribution >= 0.6 is 0 Å². The van der Waals surface area contributed by atoms with Crippen molar-refractivity contribution in [2.24, 2.45) is 0 Å². The molecule has 6 nitrogen and oxygen atoms in total. The highest BCUT2D eigenvalue weighted by molar-refractivity contribution is 7.89. The number of piperidine rings is 1. The molecule has 1 fully saturated rings. The first kappa shape index (κ1) is 23.2. The molecule has 0 bridgehead atoms. The van der Waals surface area contributed by atoms with Crippen LogP contribution < -0.4 is 14.9 Å². The van der Waals surface area contributed by atoms with Crippen molar-refractivity contribution in [3.8, 4) is 0 Å². The summed E-state index contributed by atoms with van der Waals surface area (Å²) in [6, 6.07) is 10.5. The molecule has 0 radical (unpaired) electrons. The van der Waals surface area contributed by atoms with Gasteiger partial charge in [0, 0.05) is 24.3 Å². The summed E-state index contributed by atoms with van der Waals surface area (Å²) in [5.74, 6) is -1.26. The van der Waals surface area contributed by atoms with Gasteiger partial charge in [-0.3, -0.25) is 4.79 Å². The van der Waals surface area contributed by atoms with Gasteiger partial charge in [0.25, 0.3) is 5.91 Å². The van der Waals surface area contributed by atoms with Crippen LogP contribution in [0.25, 0.3) is 0 Å². The van der Waals surface area contributed by atoms with Gasteiger partial charge in [0.05, 0.1) is 11.3 Å². The first-order valence-corrected chi connectivity index (χ1v) is 12.2. The number of nitrogens with one attached hydrogen (secondary N) is 2. The van der Waals surface area contributed by atoms with E-state index in [9.17, 15) is 17.6 Å². The predicted octanol–water partition coefficient (Wildman–Crippen LogP) is 4.53. The van der Waals surface area contributed by atoms with Crippen molar-refractivity contribution in [3.63, 3.8) is 0 Å². The van der Waals surface area contributed by atoms with Crippen molar-refractivity contribution in [1.29, 1.82) is 0 Å². The lowest BCUT2D eigenvalue weighted by molar-refractivity contribution is 0.102. The van der Waals surface area contributed by atoms with Crippen LogP contribution in [0.1, 0.15) is 56.8 Å². The van der Waals surface area contributed by atoms with Gasteiger partial charge in [-0.25, -0.2) is 17.5 Å². The molecule has 1 aliphatic heterocycles. The van der Waals surface area contributed by atoms with Gasteiger partial charge in [-0.15, -0.1) is 0 Å². The molecule has 0 aromatic heterocycles. The van der Waals surface area contributed by atoms with Gasteiger partial charge in [-0.1, -0.05) is 19.1 Å². The van der Waals surface area contributed by atoms with Gasteiger partial charge in [0.1, 0.15) is 10.7 Å². The largest absolute Gasteiger partial charge is 0.368 e. The van der Waals surface area contributed by atoms with E-state index in [4.69, 9.17) is 0 Å². The Kier molecular flexibility index (Phi) is 7.33. The Morgan fingerprint density at radius 1 is 1.23 bits per heavy atom. The molecule has 3 rings (SSSR count). The minimum absolute atomic E-state index is 0.0987. The second-order valence-electron chi connectivity index (χ2n) is 8.09.